The Hall–Kier alpha value is 0.215. The molecule has 0 fully saturated rings. The fraction of sp³-hybridized carbons (Fsp3) is 0. The van der Waals surface area contributed by atoms with E-state index in [1.807, 2.05) is 0 Å². The molecule has 101 valence electrons. The molecule has 0 aliphatic carbocycles. The molecular formula is C3H12GdN3O6S3. The number of thiocyanates is 3. The SMILES string of the molecule is N#C[S-].N#C[S-].N#C[S-].O.O.O.O.O.O.[Gd+3]. The van der Waals surface area contributed by atoms with E-state index in [1.165, 1.54) is 16.2 Å². The smallest absolute Gasteiger partial charge is 0.696 e. The van der Waals surface area contributed by atoms with E-state index in [4.69, 9.17) is 15.8 Å². The van der Waals surface area contributed by atoms with Gasteiger partial charge in [0, 0.05) is 0 Å². The Balaban J connectivity index is -0.00000000346. The van der Waals surface area contributed by atoms with Crippen molar-refractivity contribution in [1.82, 2.24) is 0 Å². The molecule has 0 aliphatic rings. The average molecular weight is 440 g/mol. The molecule has 12 N–H and O–H groups in total. The molecule has 0 heterocycles. The number of hydrogen-bond donors (Lipinski definition) is 0. The van der Waals surface area contributed by atoms with Gasteiger partial charge in [0.15, 0.2) is 0 Å². The first kappa shape index (κ1) is 97.2. The van der Waals surface area contributed by atoms with E-state index < -0.39 is 0 Å². The van der Waals surface area contributed by atoms with E-state index in [-0.39, 0.29) is 72.8 Å². The van der Waals surface area contributed by atoms with Crippen LogP contribution in [0.15, 0.2) is 0 Å². The van der Waals surface area contributed by atoms with Gasteiger partial charge >= 0.3 is 39.9 Å². The molecule has 0 rings (SSSR count). The Labute approximate surface area is 141 Å². The molecule has 0 saturated heterocycles. The van der Waals surface area contributed by atoms with Crippen LogP contribution in [0.1, 0.15) is 0 Å². The zero-order valence-electron chi connectivity index (χ0n) is 7.42. The molecule has 0 aromatic rings. The van der Waals surface area contributed by atoms with Crippen molar-refractivity contribution in [3.05, 3.63) is 0 Å². The topological polar surface area (TPSA) is 260 Å². The first-order chi connectivity index (χ1) is 4.24. The van der Waals surface area contributed by atoms with Gasteiger partial charge in [-0.3, -0.25) is 0 Å². The van der Waals surface area contributed by atoms with Gasteiger partial charge in [-0.2, -0.15) is 0 Å². The Morgan fingerprint density at radius 1 is 0.500 bits per heavy atom. The number of rotatable bonds is 0. The molecule has 16 heavy (non-hydrogen) atoms. The normalized spacial score (nSPS) is 1.31. The maximum Gasteiger partial charge on any atom is 3.00 e. The van der Waals surface area contributed by atoms with Gasteiger partial charge in [-0.1, -0.05) is 16.2 Å². The second-order valence-electron chi connectivity index (χ2n) is 0.274. The van der Waals surface area contributed by atoms with Gasteiger partial charge < -0.3 is 70.7 Å². The minimum atomic E-state index is 0. The molecule has 0 bridgehead atoms. The predicted molar refractivity (Wildman–Crippen MR) is 60.6 cm³/mol. The number of nitriles is 3. The first-order valence-corrected chi connectivity index (χ1v) is 2.51. The van der Waals surface area contributed by atoms with Crippen molar-refractivity contribution in [2.45, 2.75) is 0 Å². The maximum absolute atomic E-state index is 7.13. The molecule has 13 heteroatoms. The fourth-order valence-electron chi connectivity index (χ4n) is 0. The van der Waals surface area contributed by atoms with Crippen LogP contribution in [0.4, 0.5) is 0 Å². The molecular weight excluding hydrogens is 427 g/mol. The van der Waals surface area contributed by atoms with E-state index in [9.17, 15) is 0 Å². The molecule has 0 atom stereocenters. The van der Waals surface area contributed by atoms with Crippen molar-refractivity contribution in [3.8, 4) is 16.2 Å². The molecule has 9 nitrogen and oxygen atoms in total. The predicted octanol–water partition coefficient (Wildman–Crippen LogP) is -4.91. The number of hydrogen-bond acceptors (Lipinski definition) is 6. The second kappa shape index (κ2) is 297. The summed E-state index contributed by atoms with van der Waals surface area (Å²) in [6.45, 7) is 0. The fourth-order valence-corrected chi connectivity index (χ4v) is 0. The van der Waals surface area contributed by atoms with Crippen LogP contribution in [-0.4, -0.2) is 32.9 Å². The summed E-state index contributed by atoms with van der Waals surface area (Å²) >= 11 is 11.1. The second-order valence-corrected chi connectivity index (χ2v) is 0.822. The Bertz CT molecular complexity index is 127. The third-order valence-electron chi connectivity index (χ3n) is 0. The molecule has 0 saturated carbocycles. The molecule has 0 amide bonds. The molecule has 0 aliphatic heterocycles. The van der Waals surface area contributed by atoms with E-state index in [0.717, 1.165) is 0 Å². The standard InChI is InChI=1S/3CHNS.Gd.6H2O/c3*2-1-3;;;;;;;/h3*3H;;6*1H2/q;;;+3;;;;;;/p-3. The van der Waals surface area contributed by atoms with Gasteiger partial charge in [-0.25, -0.2) is 15.8 Å². The third kappa shape index (κ3) is 53900. The molecule has 0 unspecified atom stereocenters. The van der Waals surface area contributed by atoms with Crippen LogP contribution in [0.3, 0.4) is 0 Å². The molecule has 1 radical (unpaired) electrons. The van der Waals surface area contributed by atoms with Gasteiger partial charge in [0.1, 0.15) is 0 Å². The van der Waals surface area contributed by atoms with E-state index in [2.05, 4.69) is 37.9 Å². The summed E-state index contributed by atoms with van der Waals surface area (Å²) in [5.41, 5.74) is 0. The van der Waals surface area contributed by atoms with Crippen molar-refractivity contribution < 1.29 is 72.8 Å². The van der Waals surface area contributed by atoms with E-state index in [0.29, 0.717) is 0 Å². The largest absolute Gasteiger partial charge is 3.00 e. The summed E-state index contributed by atoms with van der Waals surface area (Å²) in [5.74, 6) is 0. The van der Waals surface area contributed by atoms with Crippen LogP contribution in [0.2, 0.25) is 0 Å². The Morgan fingerprint density at radius 2 is 0.500 bits per heavy atom. The van der Waals surface area contributed by atoms with Crippen molar-refractivity contribution in [1.29, 1.82) is 15.8 Å². The van der Waals surface area contributed by atoms with Crippen LogP contribution < -0.4 is 0 Å². The zero-order chi connectivity index (χ0) is 8.12. The minimum absolute atomic E-state index is 0. The monoisotopic (exact) mass is 440 g/mol. The van der Waals surface area contributed by atoms with Crippen molar-refractivity contribution in [2.24, 2.45) is 0 Å². The Morgan fingerprint density at radius 3 is 0.500 bits per heavy atom. The van der Waals surface area contributed by atoms with Gasteiger partial charge in [-0.15, -0.1) is 0 Å². The van der Waals surface area contributed by atoms with Crippen molar-refractivity contribution in [2.75, 3.05) is 0 Å². The van der Waals surface area contributed by atoms with E-state index in [1.54, 1.807) is 0 Å². The van der Waals surface area contributed by atoms with Crippen LogP contribution in [0.5, 0.6) is 0 Å². The number of nitrogens with zero attached hydrogens (tertiary/aromatic N) is 3. The third-order valence-corrected chi connectivity index (χ3v) is 0. The summed E-state index contributed by atoms with van der Waals surface area (Å²) in [5, 5.41) is 25.4. The van der Waals surface area contributed by atoms with Gasteiger partial charge in [0.25, 0.3) is 0 Å². The summed E-state index contributed by atoms with van der Waals surface area (Å²) in [6.07, 6.45) is 0. The van der Waals surface area contributed by atoms with Crippen molar-refractivity contribution >= 4 is 37.9 Å². The van der Waals surface area contributed by atoms with Crippen molar-refractivity contribution in [3.63, 3.8) is 0 Å². The molecule has 0 aromatic heterocycles. The summed E-state index contributed by atoms with van der Waals surface area (Å²) in [6, 6.07) is 0. The first-order valence-electron chi connectivity index (χ1n) is 1.28. The quantitative estimate of drug-likeness (QED) is 0.263. The summed E-state index contributed by atoms with van der Waals surface area (Å²) < 4.78 is 0. The summed E-state index contributed by atoms with van der Waals surface area (Å²) in [4.78, 5) is 0. The van der Waals surface area contributed by atoms with Crippen LogP contribution in [0, 0.1) is 71.9 Å². The Kier molecular flexibility index (Phi) is 1810. The minimum Gasteiger partial charge on any atom is -0.696 e. The molecule has 0 spiro atoms. The van der Waals surface area contributed by atoms with Gasteiger partial charge in [0.2, 0.25) is 0 Å². The zero-order valence-corrected chi connectivity index (χ0v) is 12.1. The van der Waals surface area contributed by atoms with E-state index >= 15 is 0 Å². The van der Waals surface area contributed by atoms with Crippen LogP contribution >= 0.6 is 0 Å². The van der Waals surface area contributed by atoms with Gasteiger partial charge in [-0.05, 0) is 0 Å². The average Bonchev–Trinajstić information content (AvgIpc) is 1.70. The van der Waals surface area contributed by atoms with Crippen LogP contribution in [0.25, 0.3) is 0 Å². The van der Waals surface area contributed by atoms with Crippen LogP contribution in [-0.2, 0) is 37.9 Å². The summed E-state index contributed by atoms with van der Waals surface area (Å²) in [7, 11) is 0. The van der Waals surface area contributed by atoms with Gasteiger partial charge in [0.05, 0.1) is 0 Å². The molecule has 0 aromatic carbocycles. The maximum atomic E-state index is 7.13.